The van der Waals surface area contributed by atoms with E-state index in [9.17, 15) is 9.59 Å². The number of nitrogens with one attached hydrogen (secondary N) is 2. The van der Waals surface area contributed by atoms with Crippen LogP contribution in [0.1, 0.15) is 46.5 Å². The maximum atomic E-state index is 12.3. The van der Waals surface area contributed by atoms with Crippen molar-refractivity contribution < 1.29 is 9.59 Å². The summed E-state index contributed by atoms with van der Waals surface area (Å²) in [5.74, 6) is 0.265. The zero-order valence-electron chi connectivity index (χ0n) is 16.8. The van der Waals surface area contributed by atoms with Crippen LogP contribution in [0.5, 0.6) is 0 Å². The van der Waals surface area contributed by atoms with Gasteiger partial charge < -0.3 is 10.6 Å². The lowest BCUT2D eigenvalue weighted by molar-refractivity contribution is -0.122. The molecule has 1 aromatic carbocycles. The molecule has 2 aliphatic carbocycles. The summed E-state index contributed by atoms with van der Waals surface area (Å²) < 4.78 is 0.941. The van der Waals surface area contributed by atoms with Crippen LogP contribution in [0.2, 0.25) is 0 Å². The van der Waals surface area contributed by atoms with Crippen LogP contribution < -0.4 is 10.6 Å². The minimum absolute atomic E-state index is 0.0823. The first-order valence-electron chi connectivity index (χ1n) is 9.87. The monoisotopic (exact) mass is 476 g/mol. The van der Waals surface area contributed by atoms with E-state index in [1.807, 2.05) is 24.3 Å². The standard InChI is InChI=1S/C21H25BrN4O2S/c1-20(2)12-8-9-21(20,3)16(10-12)25-26-19-24-18(28)15(29-19)11-17(27)23-14-6-4-13(22)5-7-14/h4-7,12,15H,8-11H2,1-3H3,(H,23,27)(H,24,26,28)/b25-16+/t12-,15+,21-/m1/s1. The first-order chi connectivity index (χ1) is 13.7. The predicted molar refractivity (Wildman–Crippen MR) is 121 cm³/mol. The molecule has 0 unspecified atom stereocenters. The average molecular weight is 477 g/mol. The molecule has 6 nitrogen and oxygen atoms in total. The van der Waals surface area contributed by atoms with Gasteiger partial charge in [-0.25, -0.2) is 0 Å². The largest absolute Gasteiger partial charge is 0.326 e. The molecule has 2 N–H and O–H groups in total. The lowest BCUT2D eigenvalue weighted by atomic mass is 9.70. The highest BCUT2D eigenvalue weighted by Crippen LogP contribution is 2.64. The molecule has 4 rings (SSSR count). The molecule has 8 heteroatoms. The first kappa shape index (κ1) is 20.6. The van der Waals surface area contributed by atoms with E-state index < -0.39 is 5.25 Å². The SMILES string of the molecule is CC1(C)[C@@H]2CC[C@]1(C)/C(=N/N=C1\NC(=O)[C@H](CC(=O)Nc3ccc(Br)cc3)S1)C2. The molecule has 2 amide bonds. The van der Waals surface area contributed by atoms with E-state index >= 15 is 0 Å². The lowest BCUT2D eigenvalue weighted by Gasteiger charge is -2.34. The summed E-state index contributed by atoms with van der Waals surface area (Å²) >= 11 is 4.64. The van der Waals surface area contributed by atoms with Gasteiger partial charge in [-0.15, -0.1) is 5.10 Å². The number of hydrogen-bond donors (Lipinski definition) is 2. The predicted octanol–water partition coefficient (Wildman–Crippen LogP) is 4.57. The van der Waals surface area contributed by atoms with E-state index in [0.29, 0.717) is 16.8 Å². The Labute approximate surface area is 183 Å². The Bertz CT molecular complexity index is 912. The van der Waals surface area contributed by atoms with Crippen molar-refractivity contribution >= 4 is 56.1 Å². The molecule has 154 valence electrons. The van der Waals surface area contributed by atoms with Crippen molar-refractivity contribution in [3.8, 4) is 0 Å². The summed E-state index contributed by atoms with van der Waals surface area (Å²) in [5.41, 5.74) is 2.16. The number of nitrogens with zero attached hydrogens (tertiary/aromatic N) is 2. The van der Waals surface area contributed by atoms with Crippen molar-refractivity contribution in [2.24, 2.45) is 27.0 Å². The van der Waals surface area contributed by atoms with Crippen LogP contribution in [0.4, 0.5) is 5.69 Å². The van der Waals surface area contributed by atoms with Gasteiger partial charge in [0.25, 0.3) is 0 Å². The second-order valence-electron chi connectivity index (χ2n) is 8.80. The number of carbonyl (C=O) groups excluding carboxylic acids is 2. The fraction of sp³-hybridized carbons (Fsp3) is 0.524. The molecule has 1 aliphatic heterocycles. The van der Waals surface area contributed by atoms with E-state index in [1.165, 1.54) is 18.2 Å². The molecule has 2 saturated carbocycles. The lowest BCUT2D eigenvalue weighted by Crippen LogP contribution is -2.32. The fourth-order valence-corrected chi connectivity index (χ4v) is 5.87. The molecule has 29 heavy (non-hydrogen) atoms. The van der Waals surface area contributed by atoms with Crippen molar-refractivity contribution in [2.45, 2.75) is 51.7 Å². The molecule has 0 aromatic heterocycles. The second kappa shape index (κ2) is 7.54. The molecule has 1 saturated heterocycles. The van der Waals surface area contributed by atoms with Crippen molar-refractivity contribution in [1.29, 1.82) is 0 Å². The van der Waals surface area contributed by atoms with Gasteiger partial charge in [0.15, 0.2) is 5.17 Å². The third-order valence-electron chi connectivity index (χ3n) is 7.05. The van der Waals surface area contributed by atoms with Crippen molar-refractivity contribution in [3.63, 3.8) is 0 Å². The van der Waals surface area contributed by atoms with Gasteiger partial charge in [-0.2, -0.15) is 5.10 Å². The first-order valence-corrected chi connectivity index (χ1v) is 11.5. The maximum absolute atomic E-state index is 12.3. The minimum atomic E-state index is -0.489. The van der Waals surface area contributed by atoms with Gasteiger partial charge in [0.1, 0.15) is 5.25 Å². The summed E-state index contributed by atoms with van der Waals surface area (Å²) in [4.78, 5) is 24.5. The van der Waals surface area contributed by atoms with Gasteiger partial charge in [0, 0.05) is 27.7 Å². The fourth-order valence-electron chi connectivity index (χ4n) is 4.69. The van der Waals surface area contributed by atoms with Crippen LogP contribution in [0, 0.1) is 16.7 Å². The molecule has 3 aliphatic rings. The van der Waals surface area contributed by atoms with Gasteiger partial charge in [0.2, 0.25) is 11.8 Å². The molecule has 3 atom stereocenters. The highest BCUT2D eigenvalue weighted by Gasteiger charge is 2.60. The van der Waals surface area contributed by atoms with Crippen LogP contribution in [-0.2, 0) is 9.59 Å². The Hall–Kier alpha value is -1.67. The molecular formula is C21H25BrN4O2S. The third-order valence-corrected chi connectivity index (χ3v) is 8.65. The highest BCUT2D eigenvalue weighted by atomic mass is 79.9. The average Bonchev–Trinajstić information content (AvgIpc) is 3.18. The molecule has 1 aromatic rings. The van der Waals surface area contributed by atoms with Gasteiger partial charge in [0.05, 0.1) is 0 Å². The highest BCUT2D eigenvalue weighted by molar-refractivity contribution is 9.10. The number of halogens is 1. The number of thioether (sulfide) groups is 1. The number of carbonyl (C=O) groups is 2. The van der Waals surface area contributed by atoms with E-state index in [-0.39, 0.29) is 29.1 Å². The minimum Gasteiger partial charge on any atom is -0.326 e. The number of rotatable bonds is 4. The summed E-state index contributed by atoms with van der Waals surface area (Å²) in [6.07, 6.45) is 3.47. The Morgan fingerprint density at radius 3 is 2.62 bits per heavy atom. The number of fused-ring (bicyclic) bond motifs is 2. The van der Waals surface area contributed by atoms with Crippen molar-refractivity contribution in [1.82, 2.24) is 5.32 Å². The zero-order valence-corrected chi connectivity index (χ0v) is 19.2. The molecule has 0 radical (unpaired) electrons. The van der Waals surface area contributed by atoms with Crippen molar-refractivity contribution in [2.75, 3.05) is 5.32 Å². The summed E-state index contributed by atoms with van der Waals surface area (Å²) in [5, 5.41) is 14.5. The van der Waals surface area contributed by atoms with Gasteiger partial charge in [-0.3, -0.25) is 9.59 Å². The number of hydrogen-bond acceptors (Lipinski definition) is 5. The number of anilines is 1. The van der Waals surface area contributed by atoms with Crippen molar-refractivity contribution in [3.05, 3.63) is 28.7 Å². The molecule has 1 heterocycles. The Morgan fingerprint density at radius 1 is 1.28 bits per heavy atom. The molecule has 2 bridgehead atoms. The Morgan fingerprint density at radius 2 is 2.00 bits per heavy atom. The smallest absolute Gasteiger partial charge is 0.240 e. The molecule has 3 fully saturated rings. The van der Waals surface area contributed by atoms with E-state index in [2.05, 4.69) is 57.5 Å². The van der Waals surface area contributed by atoms with Crippen LogP contribution in [-0.4, -0.2) is 27.9 Å². The third kappa shape index (κ3) is 3.77. The number of amidine groups is 1. The van der Waals surface area contributed by atoms with E-state index in [0.717, 1.165) is 23.0 Å². The van der Waals surface area contributed by atoms with E-state index in [4.69, 9.17) is 0 Å². The molecule has 0 spiro atoms. The zero-order chi connectivity index (χ0) is 20.8. The van der Waals surface area contributed by atoms with Gasteiger partial charge in [-0.1, -0.05) is 48.5 Å². The molecular weight excluding hydrogens is 452 g/mol. The Kier molecular flexibility index (Phi) is 5.36. The summed E-state index contributed by atoms with van der Waals surface area (Å²) in [7, 11) is 0. The second-order valence-corrected chi connectivity index (χ2v) is 10.9. The van der Waals surface area contributed by atoms with Crippen LogP contribution in [0.25, 0.3) is 0 Å². The van der Waals surface area contributed by atoms with Gasteiger partial charge in [-0.05, 0) is 54.9 Å². The topological polar surface area (TPSA) is 82.9 Å². The normalized spacial score (nSPS) is 32.8. The summed E-state index contributed by atoms with van der Waals surface area (Å²) in [6, 6.07) is 7.33. The maximum Gasteiger partial charge on any atom is 0.240 e. The Balaban J connectivity index is 1.38. The van der Waals surface area contributed by atoms with Crippen LogP contribution in [0.15, 0.2) is 38.9 Å². The number of benzene rings is 1. The quantitative estimate of drug-likeness (QED) is 0.624. The van der Waals surface area contributed by atoms with Gasteiger partial charge >= 0.3 is 0 Å². The van der Waals surface area contributed by atoms with E-state index in [1.54, 1.807) is 0 Å². The van der Waals surface area contributed by atoms with Crippen LogP contribution >= 0.6 is 27.7 Å². The number of amides is 2. The van der Waals surface area contributed by atoms with Crippen LogP contribution in [0.3, 0.4) is 0 Å². The summed E-state index contributed by atoms with van der Waals surface area (Å²) in [6.45, 7) is 6.94.